The molecule has 0 spiro atoms. The maximum Gasteiger partial charge on any atom is 0.231 e. The lowest BCUT2D eigenvalue weighted by molar-refractivity contribution is -0.131. The van der Waals surface area contributed by atoms with Crippen LogP contribution in [0.3, 0.4) is 0 Å². The molecule has 1 aromatic carbocycles. The molecule has 1 amide bonds. The van der Waals surface area contributed by atoms with Gasteiger partial charge in [-0.3, -0.25) is 9.48 Å². The van der Waals surface area contributed by atoms with E-state index in [1.54, 1.807) is 0 Å². The molecule has 0 atom stereocenters. The van der Waals surface area contributed by atoms with Gasteiger partial charge >= 0.3 is 0 Å². The first-order chi connectivity index (χ1) is 11.7. The molecule has 0 saturated heterocycles. The number of hydrogen-bond acceptors (Lipinski definition) is 4. The summed E-state index contributed by atoms with van der Waals surface area (Å²) in [5.41, 5.74) is 3.52. The van der Waals surface area contributed by atoms with E-state index in [9.17, 15) is 4.79 Å². The van der Waals surface area contributed by atoms with Crippen molar-refractivity contribution in [1.29, 1.82) is 0 Å². The highest BCUT2D eigenvalue weighted by Gasteiger charge is 2.21. The van der Waals surface area contributed by atoms with E-state index in [1.807, 2.05) is 41.0 Å². The van der Waals surface area contributed by atoms with Crippen LogP contribution in [0, 0.1) is 0 Å². The molecular formula is C18H21N3O3. The highest BCUT2D eigenvalue weighted by Crippen LogP contribution is 2.32. The number of amides is 1. The molecule has 0 bridgehead atoms. The van der Waals surface area contributed by atoms with Gasteiger partial charge in [0.05, 0.1) is 6.20 Å². The van der Waals surface area contributed by atoms with E-state index in [-0.39, 0.29) is 12.7 Å². The molecule has 0 N–H and O–H groups in total. The van der Waals surface area contributed by atoms with Gasteiger partial charge in [-0.05, 0) is 37.0 Å². The van der Waals surface area contributed by atoms with Crippen molar-refractivity contribution in [1.82, 2.24) is 14.7 Å². The van der Waals surface area contributed by atoms with Crippen molar-refractivity contribution < 1.29 is 14.3 Å². The third-order valence-corrected chi connectivity index (χ3v) is 4.77. The molecule has 2 aliphatic rings. The molecule has 0 unspecified atom stereocenters. The van der Waals surface area contributed by atoms with E-state index in [1.165, 1.54) is 11.3 Å². The lowest BCUT2D eigenvalue weighted by atomic mass is 10.1. The van der Waals surface area contributed by atoms with Crippen molar-refractivity contribution in [3.05, 3.63) is 41.2 Å². The maximum atomic E-state index is 12.6. The Morgan fingerprint density at radius 1 is 1.29 bits per heavy atom. The monoisotopic (exact) mass is 327 g/mol. The predicted octanol–water partition coefficient (Wildman–Crippen LogP) is 2.06. The second kappa shape index (κ2) is 6.19. The summed E-state index contributed by atoms with van der Waals surface area (Å²) in [5.74, 6) is 1.75. The van der Waals surface area contributed by atoms with Crippen molar-refractivity contribution >= 4 is 5.91 Å². The molecule has 0 aliphatic carbocycles. The van der Waals surface area contributed by atoms with Crippen LogP contribution >= 0.6 is 0 Å². The summed E-state index contributed by atoms with van der Waals surface area (Å²) in [6.07, 6.45) is 5.08. The number of ether oxygens (including phenoxy) is 2. The van der Waals surface area contributed by atoms with Gasteiger partial charge in [0.25, 0.3) is 0 Å². The molecule has 3 heterocycles. The number of rotatable bonds is 3. The lowest BCUT2D eigenvalue weighted by Crippen LogP contribution is -2.30. The Kier molecular flexibility index (Phi) is 3.88. The van der Waals surface area contributed by atoms with Crippen LogP contribution in [0.15, 0.2) is 24.4 Å². The first-order valence-corrected chi connectivity index (χ1v) is 8.37. The molecule has 0 saturated carbocycles. The summed E-state index contributed by atoms with van der Waals surface area (Å²) in [6, 6.07) is 5.88. The zero-order valence-electron chi connectivity index (χ0n) is 13.8. The molecule has 1 aromatic heterocycles. The topological polar surface area (TPSA) is 56.6 Å². The van der Waals surface area contributed by atoms with Gasteiger partial charge < -0.3 is 14.4 Å². The summed E-state index contributed by atoms with van der Waals surface area (Å²) in [7, 11) is 1.97. The first-order valence-electron chi connectivity index (χ1n) is 8.37. The Morgan fingerprint density at radius 2 is 2.17 bits per heavy atom. The zero-order chi connectivity index (χ0) is 16.5. The van der Waals surface area contributed by atoms with Gasteiger partial charge in [-0.25, -0.2) is 0 Å². The maximum absolute atomic E-state index is 12.6. The molecule has 24 heavy (non-hydrogen) atoms. The molecule has 126 valence electrons. The predicted molar refractivity (Wildman–Crippen MR) is 87.8 cm³/mol. The number of carbonyl (C=O) groups excluding carboxylic acids is 1. The molecule has 4 rings (SSSR count). The van der Waals surface area contributed by atoms with Crippen LogP contribution in [0.1, 0.15) is 29.7 Å². The zero-order valence-corrected chi connectivity index (χ0v) is 13.8. The van der Waals surface area contributed by atoms with E-state index in [0.717, 1.165) is 36.4 Å². The average molecular weight is 327 g/mol. The quantitative estimate of drug-likeness (QED) is 0.866. The highest BCUT2D eigenvalue weighted by molar-refractivity contribution is 5.76. The summed E-state index contributed by atoms with van der Waals surface area (Å²) in [4.78, 5) is 14.6. The number of nitrogens with zero attached hydrogens (tertiary/aromatic N) is 3. The molecule has 2 aliphatic heterocycles. The summed E-state index contributed by atoms with van der Waals surface area (Å²) in [5, 5.41) is 4.31. The van der Waals surface area contributed by atoms with Gasteiger partial charge in [0.2, 0.25) is 12.7 Å². The third kappa shape index (κ3) is 2.84. The Hall–Kier alpha value is -2.50. The molecule has 0 fully saturated rings. The van der Waals surface area contributed by atoms with Crippen LogP contribution in [0.25, 0.3) is 0 Å². The van der Waals surface area contributed by atoms with Gasteiger partial charge in [0.1, 0.15) is 0 Å². The average Bonchev–Trinajstić information content (AvgIpc) is 3.12. The van der Waals surface area contributed by atoms with Crippen LogP contribution in [0.2, 0.25) is 0 Å². The van der Waals surface area contributed by atoms with Crippen molar-refractivity contribution in [3.8, 4) is 11.5 Å². The molecule has 6 heteroatoms. The standard InChI is InChI=1S/C18H21N3O3/c1-20-15-3-2-8-21(11-14(15)10-19-20)18(22)7-5-13-4-6-16-17(9-13)24-12-23-16/h4,6,9-10H,2-3,5,7-8,11-12H2,1H3. The number of carbonyl (C=O) groups is 1. The summed E-state index contributed by atoms with van der Waals surface area (Å²) < 4.78 is 12.6. The van der Waals surface area contributed by atoms with Crippen LogP contribution in [-0.4, -0.2) is 33.9 Å². The van der Waals surface area contributed by atoms with Gasteiger partial charge in [0, 0.05) is 37.8 Å². The summed E-state index contributed by atoms with van der Waals surface area (Å²) >= 11 is 0. The van der Waals surface area contributed by atoms with Crippen molar-refractivity contribution in [2.45, 2.75) is 32.2 Å². The number of benzene rings is 1. The van der Waals surface area contributed by atoms with Crippen LogP contribution in [0.5, 0.6) is 11.5 Å². The van der Waals surface area contributed by atoms with Crippen LogP contribution < -0.4 is 9.47 Å². The van der Waals surface area contributed by atoms with Crippen molar-refractivity contribution in [2.75, 3.05) is 13.3 Å². The Morgan fingerprint density at radius 3 is 3.08 bits per heavy atom. The molecule has 2 aromatic rings. The highest BCUT2D eigenvalue weighted by atomic mass is 16.7. The van der Waals surface area contributed by atoms with E-state index < -0.39 is 0 Å². The Labute approximate surface area is 141 Å². The normalized spacial score (nSPS) is 16.0. The fourth-order valence-electron chi connectivity index (χ4n) is 3.40. The first kappa shape index (κ1) is 15.1. The number of fused-ring (bicyclic) bond motifs is 2. The third-order valence-electron chi connectivity index (χ3n) is 4.77. The van der Waals surface area contributed by atoms with E-state index in [2.05, 4.69) is 5.10 Å². The lowest BCUT2D eigenvalue weighted by Gasteiger charge is -2.20. The van der Waals surface area contributed by atoms with Crippen molar-refractivity contribution in [2.24, 2.45) is 7.05 Å². The van der Waals surface area contributed by atoms with Crippen LogP contribution in [0.4, 0.5) is 0 Å². The Bertz CT molecular complexity index is 769. The minimum atomic E-state index is 0.198. The number of aryl methyl sites for hydroxylation is 2. The van der Waals surface area contributed by atoms with Crippen molar-refractivity contribution in [3.63, 3.8) is 0 Å². The minimum absolute atomic E-state index is 0.198. The second-order valence-electron chi connectivity index (χ2n) is 6.35. The minimum Gasteiger partial charge on any atom is -0.454 e. The van der Waals surface area contributed by atoms with Gasteiger partial charge in [-0.15, -0.1) is 0 Å². The number of hydrogen-bond donors (Lipinski definition) is 0. The van der Waals surface area contributed by atoms with E-state index in [4.69, 9.17) is 9.47 Å². The molecule has 6 nitrogen and oxygen atoms in total. The van der Waals surface area contributed by atoms with Gasteiger partial charge in [-0.2, -0.15) is 5.10 Å². The fourth-order valence-corrected chi connectivity index (χ4v) is 3.40. The van der Waals surface area contributed by atoms with E-state index in [0.29, 0.717) is 19.4 Å². The number of aromatic nitrogens is 2. The van der Waals surface area contributed by atoms with Crippen LogP contribution in [-0.2, 0) is 31.2 Å². The van der Waals surface area contributed by atoms with Gasteiger partial charge in [-0.1, -0.05) is 6.07 Å². The molecular weight excluding hydrogens is 306 g/mol. The smallest absolute Gasteiger partial charge is 0.231 e. The Balaban J connectivity index is 1.39. The van der Waals surface area contributed by atoms with E-state index >= 15 is 0 Å². The molecule has 0 radical (unpaired) electrons. The fraction of sp³-hybridized carbons (Fsp3) is 0.444. The second-order valence-corrected chi connectivity index (χ2v) is 6.35. The van der Waals surface area contributed by atoms with Gasteiger partial charge in [0.15, 0.2) is 11.5 Å². The largest absolute Gasteiger partial charge is 0.454 e. The summed E-state index contributed by atoms with van der Waals surface area (Å²) in [6.45, 7) is 1.76. The SMILES string of the molecule is Cn1ncc2c1CCCN(C(=O)CCc1ccc3c(c1)OCO3)C2.